The standard InChI is InChI=1S/C19H18F3NO3S/c1-15-9-11-17(12-10-15)27(24,25)23-18(19(20,21)22)14-26-13-5-8-16-6-3-2-4-7-16/h2-4,6-7,9-12,18,23H,13-14H2,1H3. The zero-order valence-electron chi connectivity index (χ0n) is 14.5. The number of alkyl halides is 3. The van der Waals surface area contributed by atoms with Gasteiger partial charge in [-0.2, -0.15) is 17.9 Å². The molecule has 2 aromatic rings. The van der Waals surface area contributed by atoms with Crippen LogP contribution in [0.1, 0.15) is 11.1 Å². The molecule has 0 aliphatic carbocycles. The monoisotopic (exact) mass is 397 g/mol. The Kier molecular flexibility index (Phi) is 7.02. The Morgan fingerprint density at radius 2 is 1.70 bits per heavy atom. The van der Waals surface area contributed by atoms with E-state index in [-0.39, 0.29) is 11.5 Å². The van der Waals surface area contributed by atoms with Gasteiger partial charge in [0.15, 0.2) is 0 Å². The highest BCUT2D eigenvalue weighted by Gasteiger charge is 2.42. The second kappa shape index (κ2) is 9.04. The minimum atomic E-state index is -4.80. The van der Waals surface area contributed by atoms with Gasteiger partial charge < -0.3 is 4.74 Å². The summed E-state index contributed by atoms with van der Waals surface area (Å²) in [4.78, 5) is -0.244. The molecule has 0 aromatic heterocycles. The normalized spacial score (nSPS) is 12.9. The molecule has 0 fully saturated rings. The first-order chi connectivity index (χ1) is 12.7. The molecular weight excluding hydrogens is 379 g/mol. The molecule has 144 valence electrons. The van der Waals surface area contributed by atoms with Crippen LogP contribution in [0.2, 0.25) is 0 Å². The number of aryl methyl sites for hydroxylation is 1. The average molecular weight is 397 g/mol. The van der Waals surface area contributed by atoms with Crippen molar-refractivity contribution in [3.63, 3.8) is 0 Å². The fourth-order valence-corrected chi connectivity index (χ4v) is 3.26. The third-order valence-electron chi connectivity index (χ3n) is 3.49. The van der Waals surface area contributed by atoms with Gasteiger partial charge in [-0.05, 0) is 31.2 Å². The molecule has 0 amide bonds. The van der Waals surface area contributed by atoms with Crippen molar-refractivity contribution in [3.05, 3.63) is 65.7 Å². The molecule has 0 bridgehead atoms. The Labute approximate surface area is 156 Å². The van der Waals surface area contributed by atoms with Crippen molar-refractivity contribution in [3.8, 4) is 11.8 Å². The van der Waals surface area contributed by atoms with E-state index < -0.39 is 28.8 Å². The maximum absolute atomic E-state index is 13.2. The van der Waals surface area contributed by atoms with Crippen LogP contribution >= 0.6 is 0 Å². The highest BCUT2D eigenvalue weighted by molar-refractivity contribution is 7.89. The summed E-state index contributed by atoms with van der Waals surface area (Å²) >= 11 is 0. The summed E-state index contributed by atoms with van der Waals surface area (Å²) in [5, 5.41) is 0. The molecule has 0 radical (unpaired) electrons. The van der Waals surface area contributed by atoms with Crippen LogP contribution in [0.25, 0.3) is 0 Å². The van der Waals surface area contributed by atoms with E-state index in [1.54, 1.807) is 35.9 Å². The fourth-order valence-electron chi connectivity index (χ4n) is 2.06. The van der Waals surface area contributed by atoms with Gasteiger partial charge in [0.2, 0.25) is 10.0 Å². The number of ether oxygens (including phenoxy) is 1. The van der Waals surface area contributed by atoms with Crippen molar-refractivity contribution in [1.82, 2.24) is 4.72 Å². The van der Waals surface area contributed by atoms with Crippen molar-refractivity contribution in [2.45, 2.75) is 24.0 Å². The number of benzene rings is 2. The smallest absolute Gasteiger partial charge is 0.367 e. The lowest BCUT2D eigenvalue weighted by molar-refractivity contribution is -0.162. The SMILES string of the molecule is Cc1ccc(S(=O)(=O)NC(COCC#Cc2ccccc2)C(F)(F)F)cc1. The summed E-state index contributed by atoms with van der Waals surface area (Å²) in [6.45, 7) is 0.610. The lowest BCUT2D eigenvalue weighted by atomic mass is 10.2. The van der Waals surface area contributed by atoms with Crippen molar-refractivity contribution in [2.24, 2.45) is 0 Å². The number of halogens is 3. The summed E-state index contributed by atoms with van der Waals surface area (Å²) in [5.41, 5.74) is 1.50. The average Bonchev–Trinajstić information content (AvgIpc) is 2.61. The zero-order chi connectivity index (χ0) is 19.9. The molecule has 2 aromatic carbocycles. The Morgan fingerprint density at radius 3 is 2.30 bits per heavy atom. The Morgan fingerprint density at radius 1 is 1.07 bits per heavy atom. The van der Waals surface area contributed by atoms with Gasteiger partial charge in [-0.15, -0.1) is 0 Å². The van der Waals surface area contributed by atoms with Crippen LogP contribution in [-0.4, -0.2) is 33.8 Å². The van der Waals surface area contributed by atoms with E-state index in [2.05, 4.69) is 11.8 Å². The predicted octanol–water partition coefficient (Wildman–Crippen LogP) is 3.27. The molecule has 0 aliphatic rings. The lowest BCUT2D eigenvalue weighted by Gasteiger charge is -2.21. The summed E-state index contributed by atoms with van der Waals surface area (Å²) in [5.74, 6) is 5.33. The van der Waals surface area contributed by atoms with Crippen LogP contribution in [0, 0.1) is 18.8 Å². The molecule has 1 atom stereocenters. The van der Waals surface area contributed by atoms with E-state index in [4.69, 9.17) is 4.74 Å². The summed E-state index contributed by atoms with van der Waals surface area (Å²) in [7, 11) is -4.33. The first-order valence-corrected chi connectivity index (χ1v) is 9.44. The second-order valence-corrected chi connectivity index (χ2v) is 7.43. The molecular formula is C19H18F3NO3S. The van der Waals surface area contributed by atoms with Gasteiger partial charge in [0.25, 0.3) is 0 Å². The Balaban J connectivity index is 1.99. The number of nitrogens with one attached hydrogen (secondary N) is 1. The number of sulfonamides is 1. The Bertz CT molecular complexity index is 899. The van der Waals surface area contributed by atoms with Crippen LogP contribution in [-0.2, 0) is 14.8 Å². The van der Waals surface area contributed by atoms with Gasteiger partial charge in [0.1, 0.15) is 12.6 Å². The van der Waals surface area contributed by atoms with Gasteiger partial charge in [0, 0.05) is 5.56 Å². The molecule has 2 rings (SSSR count). The fraction of sp³-hybridized carbons (Fsp3) is 0.263. The number of rotatable bonds is 6. The highest BCUT2D eigenvalue weighted by Crippen LogP contribution is 2.22. The minimum Gasteiger partial charge on any atom is -0.367 e. The predicted molar refractivity (Wildman–Crippen MR) is 95.5 cm³/mol. The summed E-state index contributed by atoms with van der Waals surface area (Å²) < 4.78 is 70.4. The minimum absolute atomic E-state index is 0.244. The molecule has 1 unspecified atom stereocenters. The van der Waals surface area contributed by atoms with E-state index in [1.807, 2.05) is 6.07 Å². The largest absolute Gasteiger partial charge is 0.407 e. The quantitative estimate of drug-likeness (QED) is 0.601. The van der Waals surface area contributed by atoms with Gasteiger partial charge in [0.05, 0.1) is 11.5 Å². The molecule has 0 aliphatic heterocycles. The van der Waals surface area contributed by atoms with Gasteiger partial charge in [-0.25, -0.2) is 8.42 Å². The van der Waals surface area contributed by atoms with Crippen molar-refractivity contribution in [2.75, 3.05) is 13.2 Å². The van der Waals surface area contributed by atoms with Crippen molar-refractivity contribution in [1.29, 1.82) is 0 Å². The van der Waals surface area contributed by atoms with Crippen LogP contribution in [0.5, 0.6) is 0 Å². The molecule has 0 saturated heterocycles. The first kappa shape index (κ1) is 21.0. The number of hydrogen-bond donors (Lipinski definition) is 1. The highest BCUT2D eigenvalue weighted by atomic mass is 32.2. The molecule has 0 saturated carbocycles. The Hall–Kier alpha value is -2.34. The van der Waals surface area contributed by atoms with E-state index in [0.29, 0.717) is 5.56 Å². The van der Waals surface area contributed by atoms with Crippen LogP contribution < -0.4 is 4.72 Å². The molecule has 0 heterocycles. The van der Waals surface area contributed by atoms with Crippen LogP contribution in [0.4, 0.5) is 13.2 Å². The first-order valence-electron chi connectivity index (χ1n) is 7.96. The van der Waals surface area contributed by atoms with Crippen LogP contribution in [0.15, 0.2) is 59.5 Å². The van der Waals surface area contributed by atoms with Crippen LogP contribution in [0.3, 0.4) is 0 Å². The third-order valence-corrected chi connectivity index (χ3v) is 4.98. The van der Waals surface area contributed by atoms with E-state index >= 15 is 0 Å². The van der Waals surface area contributed by atoms with E-state index in [9.17, 15) is 21.6 Å². The van der Waals surface area contributed by atoms with Gasteiger partial charge >= 0.3 is 6.18 Å². The third kappa shape index (κ3) is 6.71. The van der Waals surface area contributed by atoms with Crippen molar-refractivity contribution >= 4 is 10.0 Å². The molecule has 8 heteroatoms. The molecule has 27 heavy (non-hydrogen) atoms. The number of hydrogen-bond acceptors (Lipinski definition) is 3. The summed E-state index contributed by atoms with van der Waals surface area (Å²) in [6, 6.07) is 12.0. The maximum atomic E-state index is 13.2. The lowest BCUT2D eigenvalue weighted by Crippen LogP contribution is -2.48. The topological polar surface area (TPSA) is 55.4 Å². The zero-order valence-corrected chi connectivity index (χ0v) is 15.3. The van der Waals surface area contributed by atoms with E-state index in [0.717, 1.165) is 5.56 Å². The molecule has 0 spiro atoms. The van der Waals surface area contributed by atoms with Gasteiger partial charge in [-0.1, -0.05) is 47.7 Å². The van der Waals surface area contributed by atoms with Crippen molar-refractivity contribution < 1.29 is 26.3 Å². The maximum Gasteiger partial charge on any atom is 0.407 e. The summed E-state index contributed by atoms with van der Waals surface area (Å²) in [6.07, 6.45) is -4.80. The molecule has 1 N–H and O–H groups in total. The van der Waals surface area contributed by atoms with Gasteiger partial charge in [-0.3, -0.25) is 0 Å². The second-order valence-electron chi connectivity index (χ2n) is 5.71. The van der Waals surface area contributed by atoms with E-state index in [1.165, 1.54) is 24.3 Å². The molecule has 4 nitrogen and oxygen atoms in total.